The molecule has 2 N–H and O–H groups in total. The first-order valence-corrected chi connectivity index (χ1v) is 9.68. The largest absolute Gasteiger partial charge is 0.441 e. The summed E-state index contributed by atoms with van der Waals surface area (Å²) in [6, 6.07) is 14.9. The van der Waals surface area contributed by atoms with Gasteiger partial charge in [-0.15, -0.1) is 0 Å². The Morgan fingerprint density at radius 3 is 2.29 bits per heavy atom. The van der Waals surface area contributed by atoms with Crippen LogP contribution in [0.2, 0.25) is 10.0 Å². The van der Waals surface area contributed by atoms with E-state index >= 15 is 0 Å². The van der Waals surface area contributed by atoms with Crippen molar-refractivity contribution in [2.75, 3.05) is 31.1 Å². The van der Waals surface area contributed by atoms with Gasteiger partial charge in [-0.2, -0.15) is 0 Å². The molecule has 2 aromatic rings. The molecule has 8 heteroatoms. The second kappa shape index (κ2) is 9.17. The zero-order valence-electron chi connectivity index (χ0n) is 15.2. The van der Waals surface area contributed by atoms with Crippen LogP contribution in [0.4, 0.5) is 10.5 Å². The smallest absolute Gasteiger partial charge is 0.405 e. The Morgan fingerprint density at radius 2 is 1.68 bits per heavy atom. The molecule has 1 atom stereocenters. The van der Waals surface area contributed by atoms with Crippen LogP contribution in [0.5, 0.6) is 0 Å². The van der Waals surface area contributed by atoms with Crippen LogP contribution >= 0.6 is 23.2 Å². The first kappa shape index (κ1) is 20.3. The summed E-state index contributed by atoms with van der Waals surface area (Å²) in [6.45, 7) is 2.67. The van der Waals surface area contributed by atoms with Gasteiger partial charge in [0, 0.05) is 31.9 Å². The number of primary amides is 1. The zero-order valence-corrected chi connectivity index (χ0v) is 16.7. The Morgan fingerprint density at radius 1 is 1.00 bits per heavy atom. The number of nitrogens with two attached hydrogens (primary N) is 1. The molecular weight excluding hydrogens is 401 g/mol. The van der Waals surface area contributed by atoms with Crippen LogP contribution in [0.15, 0.2) is 48.5 Å². The Kier molecular flexibility index (Phi) is 6.65. The maximum absolute atomic E-state index is 12.8. The van der Waals surface area contributed by atoms with E-state index in [0.29, 0.717) is 28.7 Å². The number of carbonyl (C=O) groups excluding carboxylic acids is 2. The highest BCUT2D eigenvalue weighted by atomic mass is 35.5. The van der Waals surface area contributed by atoms with E-state index in [1.165, 1.54) is 0 Å². The van der Waals surface area contributed by atoms with E-state index in [2.05, 4.69) is 17.0 Å². The lowest BCUT2D eigenvalue weighted by atomic mass is 10.1. The third-order valence-corrected chi connectivity index (χ3v) is 5.43. The van der Waals surface area contributed by atoms with Gasteiger partial charge in [-0.3, -0.25) is 4.79 Å². The van der Waals surface area contributed by atoms with Crippen molar-refractivity contribution in [1.82, 2.24) is 4.90 Å². The number of amides is 2. The topological polar surface area (TPSA) is 75.9 Å². The number of hydrogen-bond acceptors (Lipinski definition) is 4. The van der Waals surface area contributed by atoms with E-state index in [-0.39, 0.29) is 12.3 Å². The number of carbonyl (C=O) groups is 2. The van der Waals surface area contributed by atoms with Crippen LogP contribution < -0.4 is 10.6 Å². The summed E-state index contributed by atoms with van der Waals surface area (Å²) in [6.07, 6.45) is -1.77. The number of halogens is 2. The molecule has 1 aliphatic rings. The monoisotopic (exact) mass is 421 g/mol. The second-order valence-corrected chi connectivity index (χ2v) is 7.32. The van der Waals surface area contributed by atoms with Crippen molar-refractivity contribution in [3.05, 3.63) is 64.1 Å². The lowest BCUT2D eigenvalue weighted by Crippen LogP contribution is -2.49. The third kappa shape index (κ3) is 5.09. The molecule has 1 unspecified atom stereocenters. The summed E-state index contributed by atoms with van der Waals surface area (Å²) in [7, 11) is 0. The normalized spacial score (nSPS) is 15.2. The number of benzene rings is 2. The predicted molar refractivity (Wildman–Crippen MR) is 110 cm³/mol. The molecule has 1 aliphatic heterocycles. The van der Waals surface area contributed by atoms with Crippen LogP contribution in [0.1, 0.15) is 18.1 Å². The molecule has 3 rings (SSSR count). The number of hydrogen-bond donors (Lipinski definition) is 1. The molecule has 1 fully saturated rings. The summed E-state index contributed by atoms with van der Waals surface area (Å²) >= 11 is 12.0. The molecule has 1 heterocycles. The molecule has 148 valence electrons. The third-order valence-electron chi connectivity index (χ3n) is 4.69. The highest BCUT2D eigenvalue weighted by molar-refractivity contribution is 6.42. The van der Waals surface area contributed by atoms with Gasteiger partial charge in [0.25, 0.3) is 0 Å². The van der Waals surface area contributed by atoms with Gasteiger partial charge in [0.15, 0.2) is 0 Å². The molecule has 0 aromatic heterocycles. The zero-order chi connectivity index (χ0) is 20.1. The van der Waals surface area contributed by atoms with Crippen LogP contribution in [-0.2, 0) is 9.53 Å². The molecule has 28 heavy (non-hydrogen) atoms. The second-order valence-electron chi connectivity index (χ2n) is 6.51. The molecule has 0 aliphatic carbocycles. The number of piperazine rings is 1. The van der Waals surface area contributed by atoms with Gasteiger partial charge < -0.3 is 20.3 Å². The highest BCUT2D eigenvalue weighted by Gasteiger charge is 2.26. The lowest BCUT2D eigenvalue weighted by molar-refractivity contribution is -0.133. The molecular formula is C20H21Cl2N3O3. The summed E-state index contributed by atoms with van der Waals surface area (Å²) in [5.74, 6) is -0.106. The van der Waals surface area contributed by atoms with E-state index in [0.717, 1.165) is 18.8 Å². The minimum Gasteiger partial charge on any atom is -0.441 e. The Labute approximate surface area is 173 Å². The number of ether oxygens (including phenoxy) is 1. The van der Waals surface area contributed by atoms with Crippen LogP contribution in [-0.4, -0.2) is 43.1 Å². The van der Waals surface area contributed by atoms with Crippen LogP contribution in [0.25, 0.3) is 0 Å². The lowest BCUT2D eigenvalue weighted by Gasteiger charge is -2.36. The van der Waals surface area contributed by atoms with Gasteiger partial charge in [0.1, 0.15) is 6.10 Å². The van der Waals surface area contributed by atoms with Gasteiger partial charge in [-0.05, 0) is 29.8 Å². The van der Waals surface area contributed by atoms with Gasteiger partial charge in [-0.1, -0.05) is 47.5 Å². The van der Waals surface area contributed by atoms with Gasteiger partial charge in [-0.25, -0.2) is 4.79 Å². The summed E-state index contributed by atoms with van der Waals surface area (Å²) < 4.78 is 5.16. The summed E-state index contributed by atoms with van der Waals surface area (Å²) in [4.78, 5) is 28.1. The summed E-state index contributed by atoms with van der Waals surface area (Å²) in [5, 5.41) is 0.702. The maximum Gasteiger partial charge on any atom is 0.405 e. The molecule has 0 saturated carbocycles. The van der Waals surface area contributed by atoms with Gasteiger partial charge in [0.2, 0.25) is 5.91 Å². The van der Waals surface area contributed by atoms with Crippen molar-refractivity contribution >= 4 is 40.9 Å². The Hall–Kier alpha value is -2.44. The minimum absolute atomic E-state index is 0.00770. The molecule has 0 bridgehead atoms. The predicted octanol–water partition coefficient (Wildman–Crippen LogP) is 3.87. The maximum atomic E-state index is 12.8. The Balaban J connectivity index is 1.64. The van der Waals surface area contributed by atoms with Crippen molar-refractivity contribution < 1.29 is 14.3 Å². The molecule has 2 amide bonds. The van der Waals surface area contributed by atoms with Crippen molar-refractivity contribution in [3.8, 4) is 0 Å². The van der Waals surface area contributed by atoms with Crippen LogP contribution in [0.3, 0.4) is 0 Å². The quantitative estimate of drug-likeness (QED) is 0.794. The standard InChI is InChI=1S/C20H21Cl2N3O3/c21-16-7-6-14(12-17(16)22)18(28-20(23)27)13-19(26)25-10-8-24(9-11-25)15-4-2-1-3-5-15/h1-7,12,18H,8-11,13H2,(H2,23,27). The van der Waals surface area contributed by atoms with Crippen molar-refractivity contribution in [2.24, 2.45) is 5.73 Å². The van der Waals surface area contributed by atoms with E-state index in [4.69, 9.17) is 33.7 Å². The SMILES string of the molecule is NC(=O)OC(CC(=O)N1CCN(c2ccccc2)CC1)c1ccc(Cl)c(Cl)c1. The Bertz CT molecular complexity index is 840. The highest BCUT2D eigenvalue weighted by Crippen LogP contribution is 2.29. The van der Waals surface area contributed by atoms with Gasteiger partial charge >= 0.3 is 6.09 Å². The van der Waals surface area contributed by atoms with Crippen molar-refractivity contribution in [3.63, 3.8) is 0 Å². The average molecular weight is 422 g/mol. The number of anilines is 1. The number of rotatable bonds is 5. The molecule has 6 nitrogen and oxygen atoms in total. The van der Waals surface area contributed by atoms with E-state index in [1.807, 2.05) is 18.2 Å². The average Bonchev–Trinajstić information content (AvgIpc) is 2.70. The molecule has 1 saturated heterocycles. The van der Waals surface area contributed by atoms with Crippen LogP contribution in [0, 0.1) is 0 Å². The summed E-state index contributed by atoms with van der Waals surface area (Å²) in [5.41, 5.74) is 6.90. The number of nitrogens with zero attached hydrogens (tertiary/aromatic N) is 2. The first-order valence-electron chi connectivity index (χ1n) is 8.93. The fourth-order valence-corrected chi connectivity index (χ4v) is 3.53. The number of para-hydroxylation sites is 1. The first-order chi connectivity index (χ1) is 13.4. The van der Waals surface area contributed by atoms with Gasteiger partial charge in [0.05, 0.1) is 16.5 Å². The van der Waals surface area contributed by atoms with E-state index in [1.54, 1.807) is 23.1 Å². The molecule has 2 aromatic carbocycles. The fourth-order valence-electron chi connectivity index (χ4n) is 3.22. The molecule has 0 spiro atoms. The van der Waals surface area contributed by atoms with Crippen molar-refractivity contribution in [2.45, 2.75) is 12.5 Å². The van der Waals surface area contributed by atoms with Crippen molar-refractivity contribution in [1.29, 1.82) is 0 Å². The molecule has 0 radical (unpaired) electrons. The fraction of sp³-hybridized carbons (Fsp3) is 0.300. The minimum atomic E-state index is -0.947. The van der Waals surface area contributed by atoms with E-state index in [9.17, 15) is 9.59 Å². The van der Waals surface area contributed by atoms with E-state index < -0.39 is 12.2 Å².